The molecule has 1 aliphatic carbocycles. The molecule has 0 aliphatic heterocycles. The summed E-state index contributed by atoms with van der Waals surface area (Å²) in [5.74, 6) is 2.25. The molecule has 1 aliphatic rings. The maximum atomic E-state index is 12.2. The van der Waals surface area contributed by atoms with Gasteiger partial charge < -0.3 is 14.6 Å². The van der Waals surface area contributed by atoms with Crippen LogP contribution >= 0.6 is 0 Å². The van der Waals surface area contributed by atoms with Crippen molar-refractivity contribution in [2.75, 3.05) is 13.2 Å². The van der Waals surface area contributed by atoms with E-state index in [-0.39, 0.29) is 5.91 Å². The first-order chi connectivity index (χ1) is 10.8. The lowest BCUT2D eigenvalue weighted by molar-refractivity contribution is 0.0950. The van der Waals surface area contributed by atoms with Gasteiger partial charge in [0.2, 0.25) is 5.89 Å². The van der Waals surface area contributed by atoms with E-state index in [4.69, 9.17) is 9.26 Å². The van der Waals surface area contributed by atoms with Crippen LogP contribution in [0.15, 0.2) is 28.8 Å². The number of hydrogen-bond donors (Lipinski definition) is 1. The number of nitrogens with one attached hydrogen (secondary N) is 1. The van der Waals surface area contributed by atoms with Crippen molar-refractivity contribution in [2.24, 2.45) is 0 Å². The first kappa shape index (κ1) is 14.6. The van der Waals surface area contributed by atoms with Gasteiger partial charge in [0.1, 0.15) is 5.75 Å². The molecule has 0 atom stereocenters. The summed E-state index contributed by atoms with van der Waals surface area (Å²) < 4.78 is 10.6. The van der Waals surface area contributed by atoms with Gasteiger partial charge in [0.15, 0.2) is 5.82 Å². The number of carbonyl (C=O) groups is 1. The molecule has 1 N–H and O–H groups in total. The van der Waals surface area contributed by atoms with Crippen LogP contribution in [0.25, 0.3) is 0 Å². The highest BCUT2D eigenvalue weighted by atomic mass is 16.5. The molecule has 6 nitrogen and oxygen atoms in total. The second kappa shape index (κ2) is 6.60. The number of ether oxygens (including phenoxy) is 1. The molecule has 1 aromatic carbocycles. The first-order valence-corrected chi connectivity index (χ1v) is 7.60. The third-order valence-corrected chi connectivity index (χ3v) is 3.48. The summed E-state index contributed by atoms with van der Waals surface area (Å²) in [5, 5.41) is 6.79. The lowest BCUT2D eigenvalue weighted by atomic mass is 10.2. The molecule has 116 valence electrons. The molecule has 1 fully saturated rings. The van der Waals surface area contributed by atoms with E-state index in [9.17, 15) is 4.79 Å². The predicted octanol–water partition coefficient (Wildman–Crippen LogP) is 2.32. The van der Waals surface area contributed by atoms with Gasteiger partial charge >= 0.3 is 0 Å². The van der Waals surface area contributed by atoms with Gasteiger partial charge in [-0.25, -0.2) is 0 Å². The van der Waals surface area contributed by atoms with Crippen LogP contribution < -0.4 is 10.1 Å². The van der Waals surface area contributed by atoms with Crippen LogP contribution in [0.2, 0.25) is 0 Å². The van der Waals surface area contributed by atoms with Gasteiger partial charge in [-0.15, -0.1) is 0 Å². The maximum Gasteiger partial charge on any atom is 0.255 e. The van der Waals surface area contributed by atoms with Crippen LogP contribution in [0.1, 0.15) is 47.8 Å². The molecule has 1 aromatic heterocycles. The summed E-state index contributed by atoms with van der Waals surface area (Å²) in [6.07, 6.45) is 2.82. The van der Waals surface area contributed by atoms with Crippen molar-refractivity contribution in [2.45, 2.75) is 32.1 Å². The molecule has 0 bridgehead atoms. The summed E-state index contributed by atoms with van der Waals surface area (Å²) in [6.45, 7) is 2.88. The van der Waals surface area contributed by atoms with Gasteiger partial charge in [0.25, 0.3) is 5.91 Å². The van der Waals surface area contributed by atoms with Crippen LogP contribution in [0, 0.1) is 0 Å². The van der Waals surface area contributed by atoms with E-state index in [1.165, 1.54) is 0 Å². The van der Waals surface area contributed by atoms with Crippen LogP contribution in [0.3, 0.4) is 0 Å². The molecule has 22 heavy (non-hydrogen) atoms. The minimum atomic E-state index is -0.157. The largest absolute Gasteiger partial charge is 0.493 e. The molecule has 0 spiro atoms. The van der Waals surface area contributed by atoms with Crippen molar-refractivity contribution in [3.63, 3.8) is 0 Å². The quantitative estimate of drug-likeness (QED) is 0.849. The number of benzene rings is 1. The third kappa shape index (κ3) is 3.44. The lowest BCUT2D eigenvalue weighted by Gasteiger charge is -2.09. The highest BCUT2D eigenvalue weighted by Crippen LogP contribution is 2.38. The smallest absolute Gasteiger partial charge is 0.255 e. The van der Waals surface area contributed by atoms with Crippen LogP contribution in [0.4, 0.5) is 0 Å². The number of carbonyl (C=O) groups excluding carboxylic acids is 1. The predicted molar refractivity (Wildman–Crippen MR) is 79.9 cm³/mol. The van der Waals surface area contributed by atoms with Crippen molar-refractivity contribution in [1.82, 2.24) is 15.5 Å². The molecule has 1 amide bonds. The number of para-hydroxylation sites is 1. The number of amides is 1. The van der Waals surface area contributed by atoms with E-state index in [0.29, 0.717) is 42.6 Å². The molecule has 3 rings (SSSR count). The minimum Gasteiger partial charge on any atom is -0.493 e. The Balaban J connectivity index is 1.53. The Morgan fingerprint density at radius 3 is 3.00 bits per heavy atom. The number of hydrogen-bond acceptors (Lipinski definition) is 5. The summed E-state index contributed by atoms with van der Waals surface area (Å²) in [6, 6.07) is 7.21. The SMILES string of the molecule is CCOc1ccccc1C(=O)NCCc1noc(C2CC2)n1. The Morgan fingerprint density at radius 1 is 1.41 bits per heavy atom. The number of aromatic nitrogens is 2. The zero-order chi connectivity index (χ0) is 15.4. The molecule has 0 radical (unpaired) electrons. The molecule has 0 unspecified atom stereocenters. The highest BCUT2D eigenvalue weighted by Gasteiger charge is 2.29. The Kier molecular flexibility index (Phi) is 4.37. The van der Waals surface area contributed by atoms with Crippen molar-refractivity contribution >= 4 is 5.91 Å². The maximum absolute atomic E-state index is 12.2. The van der Waals surface area contributed by atoms with Crippen molar-refractivity contribution in [3.05, 3.63) is 41.5 Å². The fourth-order valence-corrected chi connectivity index (χ4v) is 2.18. The van der Waals surface area contributed by atoms with Gasteiger partial charge in [-0.05, 0) is 31.9 Å². The van der Waals surface area contributed by atoms with E-state index in [1.54, 1.807) is 12.1 Å². The molecule has 1 saturated carbocycles. The average Bonchev–Trinajstić information content (AvgIpc) is 3.28. The van der Waals surface area contributed by atoms with Crippen LogP contribution in [-0.4, -0.2) is 29.2 Å². The Hall–Kier alpha value is -2.37. The number of nitrogens with zero attached hydrogens (tertiary/aromatic N) is 2. The fourth-order valence-electron chi connectivity index (χ4n) is 2.18. The van der Waals surface area contributed by atoms with Gasteiger partial charge in [-0.3, -0.25) is 4.79 Å². The molecular formula is C16H19N3O3. The molecule has 0 saturated heterocycles. The summed E-state index contributed by atoms with van der Waals surface area (Å²) in [7, 11) is 0. The molecule has 6 heteroatoms. The van der Waals surface area contributed by atoms with E-state index in [0.717, 1.165) is 18.7 Å². The summed E-state index contributed by atoms with van der Waals surface area (Å²) in [4.78, 5) is 16.5. The van der Waals surface area contributed by atoms with Gasteiger partial charge in [0, 0.05) is 18.9 Å². The molecule has 1 heterocycles. The van der Waals surface area contributed by atoms with E-state index < -0.39 is 0 Å². The minimum absolute atomic E-state index is 0.157. The Morgan fingerprint density at radius 2 is 2.23 bits per heavy atom. The standard InChI is InChI=1S/C16H19N3O3/c1-2-21-13-6-4-3-5-12(13)15(20)17-10-9-14-18-16(22-19-14)11-7-8-11/h3-6,11H,2,7-10H2,1H3,(H,17,20). The van der Waals surface area contributed by atoms with Crippen LogP contribution in [-0.2, 0) is 6.42 Å². The van der Waals surface area contributed by atoms with E-state index in [1.807, 2.05) is 19.1 Å². The van der Waals surface area contributed by atoms with E-state index >= 15 is 0 Å². The second-order valence-corrected chi connectivity index (χ2v) is 5.26. The van der Waals surface area contributed by atoms with E-state index in [2.05, 4.69) is 15.5 Å². The monoisotopic (exact) mass is 301 g/mol. The van der Waals surface area contributed by atoms with Crippen LogP contribution in [0.5, 0.6) is 5.75 Å². The normalized spacial score (nSPS) is 13.9. The fraction of sp³-hybridized carbons (Fsp3) is 0.438. The van der Waals surface area contributed by atoms with Crippen molar-refractivity contribution < 1.29 is 14.1 Å². The topological polar surface area (TPSA) is 77.2 Å². The first-order valence-electron chi connectivity index (χ1n) is 7.60. The highest BCUT2D eigenvalue weighted by molar-refractivity contribution is 5.96. The van der Waals surface area contributed by atoms with Crippen molar-refractivity contribution in [3.8, 4) is 5.75 Å². The zero-order valence-electron chi connectivity index (χ0n) is 12.5. The Bertz CT molecular complexity index is 650. The zero-order valence-corrected chi connectivity index (χ0v) is 12.5. The molecule has 2 aromatic rings. The third-order valence-electron chi connectivity index (χ3n) is 3.48. The van der Waals surface area contributed by atoms with Crippen molar-refractivity contribution in [1.29, 1.82) is 0 Å². The summed E-state index contributed by atoms with van der Waals surface area (Å²) >= 11 is 0. The average molecular weight is 301 g/mol. The lowest BCUT2D eigenvalue weighted by Crippen LogP contribution is -2.26. The van der Waals surface area contributed by atoms with Gasteiger partial charge in [-0.1, -0.05) is 17.3 Å². The number of rotatable bonds is 7. The summed E-state index contributed by atoms with van der Waals surface area (Å²) in [5.41, 5.74) is 0.538. The molecular weight excluding hydrogens is 282 g/mol. The Labute approximate surface area is 128 Å². The second-order valence-electron chi connectivity index (χ2n) is 5.26. The van der Waals surface area contributed by atoms with Gasteiger partial charge in [0.05, 0.1) is 12.2 Å². The van der Waals surface area contributed by atoms with Gasteiger partial charge in [-0.2, -0.15) is 4.98 Å².